The summed E-state index contributed by atoms with van der Waals surface area (Å²) < 4.78 is 31.6. The highest BCUT2D eigenvalue weighted by molar-refractivity contribution is 9.10. The van der Waals surface area contributed by atoms with E-state index >= 15 is 0 Å². The molecule has 158 valence electrons. The molecule has 0 unspecified atom stereocenters. The van der Waals surface area contributed by atoms with Gasteiger partial charge in [-0.3, -0.25) is 0 Å². The largest absolute Gasteiger partial charge is 0.495 e. The van der Waals surface area contributed by atoms with Crippen molar-refractivity contribution in [3.63, 3.8) is 0 Å². The fraction of sp³-hybridized carbons (Fsp3) is 0.182. The van der Waals surface area contributed by atoms with Crippen molar-refractivity contribution >= 4 is 44.8 Å². The highest BCUT2D eigenvalue weighted by atomic mass is 79.9. The summed E-state index contributed by atoms with van der Waals surface area (Å²) in [6.45, 7) is 0.362. The van der Waals surface area contributed by atoms with E-state index in [1.807, 2.05) is 12.1 Å². The Hall–Kier alpha value is -2.15. The number of nitrogens with one attached hydrogen (secondary N) is 1. The third kappa shape index (κ3) is 5.12. The van der Waals surface area contributed by atoms with Gasteiger partial charge in [-0.2, -0.15) is 0 Å². The molecule has 30 heavy (non-hydrogen) atoms. The predicted molar refractivity (Wildman–Crippen MR) is 122 cm³/mol. The van der Waals surface area contributed by atoms with Crippen LogP contribution in [0.15, 0.2) is 53.0 Å². The van der Waals surface area contributed by atoms with E-state index in [1.54, 1.807) is 44.6 Å². The number of benzene rings is 3. The van der Waals surface area contributed by atoms with Crippen LogP contribution in [0.2, 0.25) is 10.0 Å². The molecule has 0 amide bonds. The summed E-state index contributed by atoms with van der Waals surface area (Å²) in [5.74, 6) is 1.17. The molecular formula is C22H19BrCl2FNO3. The molecule has 0 aromatic heterocycles. The maximum absolute atomic E-state index is 14.1. The second-order valence-corrected chi connectivity index (χ2v) is 7.92. The van der Waals surface area contributed by atoms with Gasteiger partial charge in [-0.15, -0.1) is 0 Å². The number of hydrogen-bond acceptors (Lipinski definition) is 4. The summed E-state index contributed by atoms with van der Waals surface area (Å²) in [5.41, 5.74) is 1.88. The molecule has 0 atom stereocenters. The molecule has 0 saturated carbocycles. The van der Waals surface area contributed by atoms with Gasteiger partial charge in [-0.05, 0) is 42.5 Å². The van der Waals surface area contributed by atoms with Gasteiger partial charge >= 0.3 is 0 Å². The Morgan fingerprint density at radius 3 is 2.33 bits per heavy atom. The zero-order valence-corrected chi connectivity index (χ0v) is 19.4. The van der Waals surface area contributed by atoms with Gasteiger partial charge in [-0.25, -0.2) is 4.39 Å². The van der Waals surface area contributed by atoms with E-state index in [0.717, 1.165) is 15.7 Å². The van der Waals surface area contributed by atoms with Gasteiger partial charge in [0, 0.05) is 27.8 Å². The van der Waals surface area contributed by atoms with Gasteiger partial charge in [0.25, 0.3) is 0 Å². The normalized spacial score (nSPS) is 10.6. The smallest absolute Gasteiger partial charge is 0.167 e. The van der Waals surface area contributed by atoms with Crippen LogP contribution in [0.1, 0.15) is 11.1 Å². The fourth-order valence-corrected chi connectivity index (χ4v) is 3.78. The van der Waals surface area contributed by atoms with Gasteiger partial charge in [0.2, 0.25) is 0 Å². The maximum atomic E-state index is 14.1. The predicted octanol–water partition coefficient (Wildman–Crippen LogP) is 7.10. The highest BCUT2D eigenvalue weighted by Gasteiger charge is 2.17. The zero-order valence-electron chi connectivity index (χ0n) is 16.3. The first-order chi connectivity index (χ1) is 14.4. The summed E-state index contributed by atoms with van der Waals surface area (Å²) >= 11 is 15.9. The second kappa shape index (κ2) is 10.2. The summed E-state index contributed by atoms with van der Waals surface area (Å²) in [6, 6.07) is 13.6. The molecule has 3 rings (SSSR count). The van der Waals surface area contributed by atoms with Crippen LogP contribution in [0.5, 0.6) is 17.2 Å². The molecule has 0 fully saturated rings. The van der Waals surface area contributed by atoms with Crippen LogP contribution in [-0.2, 0) is 13.2 Å². The van der Waals surface area contributed by atoms with Crippen LogP contribution >= 0.6 is 39.1 Å². The Bertz CT molecular complexity index is 1030. The van der Waals surface area contributed by atoms with Crippen LogP contribution in [0.3, 0.4) is 0 Å². The van der Waals surface area contributed by atoms with Gasteiger partial charge in [0.1, 0.15) is 18.2 Å². The average Bonchev–Trinajstić information content (AvgIpc) is 2.73. The number of anilines is 1. The molecule has 0 heterocycles. The minimum absolute atomic E-state index is 0.0420. The average molecular weight is 515 g/mol. The van der Waals surface area contributed by atoms with Gasteiger partial charge in [0.05, 0.1) is 24.3 Å². The van der Waals surface area contributed by atoms with Crippen molar-refractivity contribution in [1.29, 1.82) is 0 Å². The van der Waals surface area contributed by atoms with Gasteiger partial charge < -0.3 is 19.5 Å². The van der Waals surface area contributed by atoms with Crippen molar-refractivity contribution in [2.24, 2.45) is 0 Å². The second-order valence-electron chi connectivity index (χ2n) is 6.25. The lowest BCUT2D eigenvalue weighted by Crippen LogP contribution is -2.07. The van der Waals surface area contributed by atoms with Crippen LogP contribution in [0.4, 0.5) is 10.1 Å². The van der Waals surface area contributed by atoms with Crippen molar-refractivity contribution in [2.75, 3.05) is 19.5 Å². The summed E-state index contributed by atoms with van der Waals surface area (Å²) in [4.78, 5) is 0. The molecular weight excluding hydrogens is 496 g/mol. The molecule has 0 radical (unpaired) electrons. The van der Waals surface area contributed by atoms with E-state index < -0.39 is 5.82 Å². The zero-order chi connectivity index (χ0) is 21.7. The first-order valence-electron chi connectivity index (χ1n) is 8.93. The summed E-state index contributed by atoms with van der Waals surface area (Å²) in [6.07, 6.45) is 0. The van der Waals surface area contributed by atoms with Crippen molar-refractivity contribution in [1.82, 2.24) is 0 Å². The number of hydrogen-bond donors (Lipinski definition) is 1. The third-order valence-corrected chi connectivity index (χ3v) is 5.82. The van der Waals surface area contributed by atoms with E-state index in [9.17, 15) is 4.39 Å². The van der Waals surface area contributed by atoms with E-state index in [4.69, 9.17) is 37.4 Å². The molecule has 0 bridgehead atoms. The molecule has 0 aliphatic rings. The molecule has 3 aromatic rings. The topological polar surface area (TPSA) is 39.7 Å². The van der Waals surface area contributed by atoms with E-state index in [2.05, 4.69) is 21.2 Å². The number of methoxy groups -OCH3 is 2. The lowest BCUT2D eigenvalue weighted by Gasteiger charge is -2.18. The Morgan fingerprint density at radius 2 is 1.67 bits per heavy atom. The lowest BCUT2D eigenvalue weighted by atomic mass is 10.1. The molecule has 0 aliphatic heterocycles. The highest BCUT2D eigenvalue weighted by Crippen LogP contribution is 2.38. The molecule has 8 heteroatoms. The summed E-state index contributed by atoms with van der Waals surface area (Å²) in [5, 5.41) is 4.10. The Kier molecular flexibility index (Phi) is 7.69. The standard InChI is InChI=1S/C22H19BrCl2FNO3/c1-28-20-8-6-13(10-18(20)25)27-11-14-16(23)7-9-21(29-2)22(14)30-12-15-17(24)4-3-5-19(15)26/h3-10,27H,11-12H2,1-2H3. The number of halogens is 4. The first kappa shape index (κ1) is 22.5. The van der Waals surface area contributed by atoms with Crippen molar-refractivity contribution in [3.8, 4) is 17.2 Å². The lowest BCUT2D eigenvalue weighted by molar-refractivity contribution is 0.277. The minimum atomic E-state index is -0.427. The van der Waals surface area contributed by atoms with Crippen molar-refractivity contribution in [3.05, 3.63) is 80.0 Å². The quantitative estimate of drug-likeness (QED) is 0.348. The molecule has 0 aliphatic carbocycles. The molecule has 3 aromatic carbocycles. The minimum Gasteiger partial charge on any atom is -0.495 e. The van der Waals surface area contributed by atoms with Crippen LogP contribution < -0.4 is 19.5 Å². The Balaban J connectivity index is 1.86. The fourth-order valence-electron chi connectivity index (χ4n) is 2.85. The molecule has 4 nitrogen and oxygen atoms in total. The molecule has 1 N–H and O–H groups in total. The van der Waals surface area contributed by atoms with Crippen molar-refractivity contribution in [2.45, 2.75) is 13.2 Å². The SMILES string of the molecule is COc1ccc(NCc2c(Br)ccc(OC)c2OCc2c(F)cccc2Cl)cc1Cl. The molecule has 0 saturated heterocycles. The summed E-state index contributed by atoms with van der Waals surface area (Å²) in [7, 11) is 3.11. The monoisotopic (exact) mass is 513 g/mol. The van der Waals surface area contributed by atoms with Gasteiger partial charge in [0.15, 0.2) is 11.5 Å². The van der Waals surface area contributed by atoms with E-state index in [-0.39, 0.29) is 12.2 Å². The van der Waals surface area contributed by atoms with E-state index in [1.165, 1.54) is 6.07 Å². The first-order valence-corrected chi connectivity index (χ1v) is 10.5. The number of rotatable bonds is 8. The van der Waals surface area contributed by atoms with Crippen LogP contribution in [-0.4, -0.2) is 14.2 Å². The number of ether oxygens (including phenoxy) is 3. The van der Waals surface area contributed by atoms with Crippen LogP contribution in [0.25, 0.3) is 0 Å². The van der Waals surface area contributed by atoms with E-state index in [0.29, 0.717) is 33.8 Å². The van der Waals surface area contributed by atoms with Crippen LogP contribution in [0, 0.1) is 5.82 Å². The molecule has 0 spiro atoms. The third-order valence-electron chi connectivity index (χ3n) is 4.43. The Labute approximate surface area is 193 Å². The van der Waals surface area contributed by atoms with Crippen molar-refractivity contribution < 1.29 is 18.6 Å². The maximum Gasteiger partial charge on any atom is 0.167 e. The Morgan fingerprint density at radius 1 is 0.933 bits per heavy atom. The van der Waals surface area contributed by atoms with Gasteiger partial charge in [-0.1, -0.05) is 45.2 Å².